The van der Waals surface area contributed by atoms with Crippen molar-refractivity contribution in [3.8, 4) is 34.3 Å². The third-order valence-corrected chi connectivity index (χ3v) is 4.39. The lowest BCUT2D eigenvalue weighted by Crippen LogP contribution is -2.20. The SMILES string of the molecule is COc1ccc(-c2noc(-c3ccc(OCC(=O)Nc4ccccc4F)cc3)n2)cc1. The van der Waals surface area contributed by atoms with E-state index in [1.165, 1.54) is 12.1 Å². The number of nitrogens with zero attached hydrogens (tertiary/aromatic N) is 2. The van der Waals surface area contributed by atoms with Gasteiger partial charge in [-0.1, -0.05) is 17.3 Å². The van der Waals surface area contributed by atoms with Crippen molar-refractivity contribution in [3.63, 3.8) is 0 Å². The van der Waals surface area contributed by atoms with Crippen LogP contribution in [-0.4, -0.2) is 29.8 Å². The summed E-state index contributed by atoms with van der Waals surface area (Å²) in [6.45, 7) is -0.254. The molecule has 1 heterocycles. The maximum atomic E-state index is 13.6. The van der Waals surface area contributed by atoms with E-state index in [-0.39, 0.29) is 12.3 Å². The molecule has 7 nitrogen and oxygen atoms in total. The van der Waals surface area contributed by atoms with E-state index in [0.29, 0.717) is 23.0 Å². The summed E-state index contributed by atoms with van der Waals surface area (Å²) >= 11 is 0. The molecule has 0 aliphatic rings. The minimum absolute atomic E-state index is 0.107. The van der Waals surface area contributed by atoms with Gasteiger partial charge in [-0.3, -0.25) is 4.79 Å². The average Bonchev–Trinajstić information content (AvgIpc) is 3.30. The fourth-order valence-corrected chi connectivity index (χ4v) is 2.79. The number of anilines is 1. The lowest BCUT2D eigenvalue weighted by molar-refractivity contribution is -0.118. The first-order chi connectivity index (χ1) is 15.1. The first-order valence-electron chi connectivity index (χ1n) is 9.38. The molecule has 0 spiro atoms. The first kappa shape index (κ1) is 20.1. The Hall–Kier alpha value is -4.20. The largest absolute Gasteiger partial charge is 0.497 e. The number of rotatable bonds is 7. The Labute approximate surface area is 177 Å². The molecule has 0 bridgehead atoms. The van der Waals surface area contributed by atoms with E-state index in [9.17, 15) is 9.18 Å². The van der Waals surface area contributed by atoms with E-state index >= 15 is 0 Å². The number of ether oxygens (including phenoxy) is 2. The Morgan fingerprint density at radius 1 is 0.968 bits per heavy atom. The zero-order valence-electron chi connectivity index (χ0n) is 16.5. The average molecular weight is 419 g/mol. The Kier molecular flexibility index (Phi) is 5.89. The van der Waals surface area contributed by atoms with Crippen molar-refractivity contribution < 1.29 is 23.2 Å². The number of nitrogens with one attached hydrogen (secondary N) is 1. The smallest absolute Gasteiger partial charge is 0.262 e. The molecule has 31 heavy (non-hydrogen) atoms. The van der Waals surface area contributed by atoms with Crippen LogP contribution in [0.15, 0.2) is 77.3 Å². The number of hydrogen-bond acceptors (Lipinski definition) is 6. The van der Waals surface area contributed by atoms with Crippen molar-refractivity contribution in [2.75, 3.05) is 19.0 Å². The molecule has 1 aromatic heterocycles. The van der Waals surface area contributed by atoms with Gasteiger partial charge >= 0.3 is 0 Å². The van der Waals surface area contributed by atoms with Crippen LogP contribution >= 0.6 is 0 Å². The van der Waals surface area contributed by atoms with Gasteiger partial charge in [-0.05, 0) is 60.7 Å². The third kappa shape index (κ3) is 4.87. The van der Waals surface area contributed by atoms with E-state index in [1.54, 1.807) is 43.5 Å². The number of methoxy groups -OCH3 is 1. The molecule has 0 unspecified atom stereocenters. The van der Waals surface area contributed by atoms with E-state index < -0.39 is 11.7 Å². The lowest BCUT2D eigenvalue weighted by atomic mass is 10.2. The fourth-order valence-electron chi connectivity index (χ4n) is 2.79. The molecule has 3 aromatic carbocycles. The number of aromatic nitrogens is 2. The summed E-state index contributed by atoms with van der Waals surface area (Å²) in [7, 11) is 1.60. The van der Waals surface area contributed by atoms with Crippen LogP contribution < -0.4 is 14.8 Å². The molecule has 1 N–H and O–H groups in total. The normalized spacial score (nSPS) is 10.5. The second kappa shape index (κ2) is 9.08. The first-order valence-corrected chi connectivity index (χ1v) is 9.38. The molecule has 0 atom stereocenters. The summed E-state index contributed by atoms with van der Waals surface area (Å²) < 4.78 is 29.5. The number of benzene rings is 3. The predicted octanol–water partition coefficient (Wildman–Crippen LogP) is 4.57. The highest BCUT2D eigenvalue weighted by Crippen LogP contribution is 2.25. The van der Waals surface area contributed by atoms with Crippen LogP contribution in [0.4, 0.5) is 10.1 Å². The van der Waals surface area contributed by atoms with Crippen LogP contribution in [0.1, 0.15) is 0 Å². The van der Waals surface area contributed by atoms with Crippen LogP contribution in [0.2, 0.25) is 0 Å². The number of para-hydroxylation sites is 1. The summed E-state index contributed by atoms with van der Waals surface area (Å²) in [5.41, 5.74) is 1.61. The highest BCUT2D eigenvalue weighted by Gasteiger charge is 2.12. The number of amides is 1. The lowest BCUT2D eigenvalue weighted by Gasteiger charge is -2.08. The summed E-state index contributed by atoms with van der Waals surface area (Å²) in [6, 6.07) is 20.1. The molecule has 0 saturated heterocycles. The Morgan fingerprint density at radius 3 is 2.35 bits per heavy atom. The monoisotopic (exact) mass is 419 g/mol. The number of carbonyl (C=O) groups is 1. The molecule has 1 amide bonds. The van der Waals surface area contributed by atoms with Gasteiger partial charge in [0.2, 0.25) is 5.82 Å². The second-order valence-electron chi connectivity index (χ2n) is 6.49. The molecule has 0 saturated carbocycles. The van der Waals surface area contributed by atoms with E-state index in [4.69, 9.17) is 14.0 Å². The van der Waals surface area contributed by atoms with Crippen LogP contribution in [0, 0.1) is 5.82 Å². The molecular weight excluding hydrogens is 401 g/mol. The minimum Gasteiger partial charge on any atom is -0.497 e. The van der Waals surface area contributed by atoms with E-state index in [1.807, 2.05) is 24.3 Å². The third-order valence-electron chi connectivity index (χ3n) is 4.39. The molecule has 8 heteroatoms. The molecule has 0 aliphatic carbocycles. The quantitative estimate of drug-likeness (QED) is 0.472. The Balaban J connectivity index is 1.36. The molecule has 156 valence electrons. The number of carbonyl (C=O) groups excluding carboxylic acids is 1. The molecular formula is C23H18FN3O4. The van der Waals surface area contributed by atoms with Crippen molar-refractivity contribution in [1.29, 1.82) is 0 Å². The Bertz CT molecular complexity index is 1170. The maximum Gasteiger partial charge on any atom is 0.262 e. The van der Waals surface area contributed by atoms with Gasteiger partial charge in [0, 0.05) is 11.1 Å². The molecule has 0 aliphatic heterocycles. The second-order valence-corrected chi connectivity index (χ2v) is 6.49. The standard InChI is InChI=1S/C23H18FN3O4/c1-29-17-10-6-15(7-11-17)22-26-23(31-27-22)16-8-12-18(13-9-16)30-14-21(28)25-20-5-3-2-4-19(20)24/h2-13H,14H2,1H3,(H,25,28). The van der Waals surface area contributed by atoms with Gasteiger partial charge in [0.1, 0.15) is 17.3 Å². The van der Waals surface area contributed by atoms with Gasteiger partial charge < -0.3 is 19.3 Å². The Morgan fingerprint density at radius 2 is 1.65 bits per heavy atom. The zero-order chi connectivity index (χ0) is 21.6. The summed E-state index contributed by atoms with van der Waals surface area (Å²) in [6.07, 6.45) is 0. The van der Waals surface area contributed by atoms with Gasteiger partial charge in [-0.2, -0.15) is 4.98 Å². The number of hydrogen-bond donors (Lipinski definition) is 1. The molecule has 4 aromatic rings. The molecule has 4 rings (SSSR count). The highest BCUT2D eigenvalue weighted by atomic mass is 19.1. The van der Waals surface area contributed by atoms with Gasteiger partial charge in [0.05, 0.1) is 12.8 Å². The summed E-state index contributed by atoms with van der Waals surface area (Å²) in [5, 5.41) is 6.47. The molecule has 0 fully saturated rings. The topological polar surface area (TPSA) is 86.5 Å². The fraction of sp³-hybridized carbons (Fsp3) is 0.0870. The van der Waals surface area contributed by atoms with Crippen LogP contribution in [-0.2, 0) is 4.79 Å². The van der Waals surface area contributed by atoms with Gasteiger partial charge in [-0.15, -0.1) is 0 Å². The van der Waals surface area contributed by atoms with E-state index in [2.05, 4.69) is 15.5 Å². The van der Waals surface area contributed by atoms with Crippen molar-refractivity contribution in [2.45, 2.75) is 0 Å². The van der Waals surface area contributed by atoms with Crippen molar-refractivity contribution >= 4 is 11.6 Å². The number of halogens is 1. The zero-order valence-corrected chi connectivity index (χ0v) is 16.5. The highest BCUT2D eigenvalue weighted by molar-refractivity contribution is 5.91. The van der Waals surface area contributed by atoms with Crippen molar-refractivity contribution in [2.24, 2.45) is 0 Å². The van der Waals surface area contributed by atoms with Gasteiger partial charge in [-0.25, -0.2) is 4.39 Å². The van der Waals surface area contributed by atoms with Crippen molar-refractivity contribution in [1.82, 2.24) is 10.1 Å². The van der Waals surface area contributed by atoms with Crippen LogP contribution in [0.3, 0.4) is 0 Å². The summed E-state index contributed by atoms with van der Waals surface area (Å²) in [4.78, 5) is 16.4. The van der Waals surface area contributed by atoms with Gasteiger partial charge in [0.15, 0.2) is 6.61 Å². The van der Waals surface area contributed by atoms with Gasteiger partial charge in [0.25, 0.3) is 11.8 Å². The van der Waals surface area contributed by atoms with E-state index in [0.717, 1.165) is 11.3 Å². The minimum atomic E-state index is -0.506. The summed E-state index contributed by atoms with van der Waals surface area (Å²) in [5.74, 6) is 1.06. The van der Waals surface area contributed by atoms with Crippen LogP contribution in [0.5, 0.6) is 11.5 Å². The maximum absolute atomic E-state index is 13.6. The molecule has 0 radical (unpaired) electrons. The van der Waals surface area contributed by atoms with Crippen molar-refractivity contribution in [3.05, 3.63) is 78.6 Å². The predicted molar refractivity (Wildman–Crippen MR) is 112 cm³/mol. The van der Waals surface area contributed by atoms with Crippen LogP contribution in [0.25, 0.3) is 22.8 Å².